The first-order valence-electron chi connectivity index (χ1n) is 5.07. The molecule has 2 rings (SSSR count). The number of likely N-dealkylation sites (N-methyl/N-ethyl adjacent to an activating group) is 1. The zero-order valence-electron chi connectivity index (χ0n) is 8.20. The average Bonchev–Trinajstić information content (AvgIpc) is 2.93. The summed E-state index contributed by atoms with van der Waals surface area (Å²) in [5.74, 6) is 8.98. The van der Waals surface area contributed by atoms with Crippen LogP contribution in [0.4, 0.5) is 0 Å². The topological polar surface area (TPSA) is 41.3 Å². The van der Waals surface area contributed by atoms with Gasteiger partial charge < -0.3 is 4.90 Å². The summed E-state index contributed by atoms with van der Waals surface area (Å²) in [5.41, 5.74) is 3.01. The molecule has 0 bridgehead atoms. The third kappa shape index (κ3) is 2.18. The highest BCUT2D eigenvalue weighted by molar-refractivity contribution is 7.99. The van der Waals surface area contributed by atoms with Gasteiger partial charge in [0.1, 0.15) is 0 Å². The van der Waals surface area contributed by atoms with E-state index >= 15 is 0 Å². The summed E-state index contributed by atoms with van der Waals surface area (Å²) in [4.78, 5) is 2.46. The average molecular weight is 201 g/mol. The molecule has 2 aliphatic rings. The highest BCUT2D eigenvalue weighted by Gasteiger charge is 2.38. The third-order valence-electron chi connectivity index (χ3n) is 3.18. The lowest BCUT2D eigenvalue weighted by Gasteiger charge is -2.37. The number of nitrogens with two attached hydrogens (primary N) is 1. The van der Waals surface area contributed by atoms with Crippen LogP contribution in [0.5, 0.6) is 0 Å². The molecule has 1 heterocycles. The second-order valence-corrected chi connectivity index (χ2v) is 5.30. The van der Waals surface area contributed by atoms with Crippen LogP contribution in [0.2, 0.25) is 0 Å². The Morgan fingerprint density at radius 3 is 2.85 bits per heavy atom. The molecule has 2 atom stereocenters. The molecular formula is C9H19N3S. The van der Waals surface area contributed by atoms with Crippen LogP contribution >= 0.6 is 11.8 Å². The zero-order chi connectivity index (χ0) is 9.26. The van der Waals surface area contributed by atoms with Crippen LogP contribution in [0, 0.1) is 5.92 Å². The lowest BCUT2D eigenvalue weighted by molar-refractivity contribution is 0.202. The monoisotopic (exact) mass is 201 g/mol. The van der Waals surface area contributed by atoms with Crippen molar-refractivity contribution in [3.8, 4) is 0 Å². The smallest absolute Gasteiger partial charge is 0.0402 e. The van der Waals surface area contributed by atoms with Crippen LogP contribution in [-0.2, 0) is 0 Å². The van der Waals surface area contributed by atoms with E-state index in [-0.39, 0.29) is 0 Å². The van der Waals surface area contributed by atoms with Crippen LogP contribution in [0.1, 0.15) is 12.8 Å². The Morgan fingerprint density at radius 1 is 1.54 bits per heavy atom. The van der Waals surface area contributed by atoms with Gasteiger partial charge >= 0.3 is 0 Å². The summed E-state index contributed by atoms with van der Waals surface area (Å²) in [5, 5.41) is 0. The normalized spacial score (nSPS) is 33.2. The first-order chi connectivity index (χ1) is 6.33. The van der Waals surface area contributed by atoms with Crippen molar-refractivity contribution in [1.82, 2.24) is 10.3 Å². The summed E-state index contributed by atoms with van der Waals surface area (Å²) < 4.78 is 0. The number of hydrogen-bond acceptors (Lipinski definition) is 4. The van der Waals surface area contributed by atoms with E-state index in [2.05, 4.69) is 29.1 Å². The minimum atomic E-state index is 0.526. The molecule has 0 aromatic rings. The molecule has 0 radical (unpaired) electrons. The van der Waals surface area contributed by atoms with E-state index < -0.39 is 0 Å². The maximum Gasteiger partial charge on any atom is 0.0402 e. The quantitative estimate of drug-likeness (QED) is 0.508. The van der Waals surface area contributed by atoms with Gasteiger partial charge in [-0.2, -0.15) is 11.8 Å². The van der Waals surface area contributed by atoms with Gasteiger partial charge in [-0.05, 0) is 25.8 Å². The Morgan fingerprint density at radius 2 is 2.31 bits per heavy atom. The van der Waals surface area contributed by atoms with Gasteiger partial charge in [0, 0.05) is 30.1 Å². The summed E-state index contributed by atoms with van der Waals surface area (Å²) in [6, 6.07) is 1.18. The molecule has 4 heteroatoms. The first-order valence-corrected chi connectivity index (χ1v) is 6.22. The zero-order valence-corrected chi connectivity index (χ0v) is 9.02. The summed E-state index contributed by atoms with van der Waals surface area (Å²) in [6.07, 6.45) is 2.73. The Balaban J connectivity index is 1.94. The Kier molecular flexibility index (Phi) is 3.14. The SMILES string of the molecule is CN1CCSCC1C(NN)C1CC1. The highest BCUT2D eigenvalue weighted by Crippen LogP contribution is 2.36. The number of nitrogens with one attached hydrogen (secondary N) is 1. The molecule has 0 aromatic carbocycles. The van der Waals surface area contributed by atoms with E-state index in [1.807, 2.05) is 0 Å². The summed E-state index contributed by atoms with van der Waals surface area (Å²) in [6.45, 7) is 1.21. The highest BCUT2D eigenvalue weighted by atomic mass is 32.2. The standard InChI is InChI=1S/C9H19N3S/c1-12-4-5-13-6-8(12)9(11-10)7-2-3-7/h7-9,11H,2-6,10H2,1H3. The number of hydrazine groups is 1. The van der Waals surface area contributed by atoms with Gasteiger partial charge in [-0.25, -0.2) is 0 Å². The van der Waals surface area contributed by atoms with E-state index in [1.165, 1.54) is 30.9 Å². The van der Waals surface area contributed by atoms with Crippen molar-refractivity contribution < 1.29 is 0 Å². The van der Waals surface area contributed by atoms with Crippen molar-refractivity contribution in [3.63, 3.8) is 0 Å². The molecule has 13 heavy (non-hydrogen) atoms. The molecule has 3 nitrogen and oxygen atoms in total. The van der Waals surface area contributed by atoms with Gasteiger partial charge in [-0.3, -0.25) is 11.3 Å². The number of rotatable bonds is 3. The fourth-order valence-electron chi connectivity index (χ4n) is 2.10. The molecule has 0 aromatic heterocycles. The van der Waals surface area contributed by atoms with Gasteiger partial charge in [0.05, 0.1) is 0 Å². The molecule has 1 saturated heterocycles. The van der Waals surface area contributed by atoms with Crippen LogP contribution in [0.15, 0.2) is 0 Å². The molecular weight excluding hydrogens is 182 g/mol. The Labute approximate surface area is 84.4 Å². The maximum absolute atomic E-state index is 5.62. The fraction of sp³-hybridized carbons (Fsp3) is 1.00. The van der Waals surface area contributed by atoms with E-state index in [0.29, 0.717) is 12.1 Å². The first kappa shape index (κ1) is 9.77. The van der Waals surface area contributed by atoms with Crippen molar-refractivity contribution in [3.05, 3.63) is 0 Å². The van der Waals surface area contributed by atoms with E-state index in [1.54, 1.807) is 0 Å². The van der Waals surface area contributed by atoms with Gasteiger partial charge in [-0.15, -0.1) is 0 Å². The lowest BCUT2D eigenvalue weighted by atomic mass is 10.0. The molecule has 3 N–H and O–H groups in total. The van der Waals surface area contributed by atoms with Crippen molar-refractivity contribution in [2.24, 2.45) is 11.8 Å². The van der Waals surface area contributed by atoms with Crippen molar-refractivity contribution in [2.45, 2.75) is 24.9 Å². The van der Waals surface area contributed by atoms with E-state index in [9.17, 15) is 0 Å². The minimum Gasteiger partial charge on any atom is -0.300 e. The molecule has 1 saturated carbocycles. The van der Waals surface area contributed by atoms with Crippen LogP contribution in [0.3, 0.4) is 0 Å². The number of hydrogen-bond donors (Lipinski definition) is 2. The molecule has 0 spiro atoms. The fourth-order valence-corrected chi connectivity index (χ4v) is 3.39. The molecule has 1 aliphatic carbocycles. The molecule has 1 aliphatic heterocycles. The molecule has 0 amide bonds. The van der Waals surface area contributed by atoms with Gasteiger partial charge in [0.25, 0.3) is 0 Å². The predicted octanol–water partition coefficient (Wildman–Crippen LogP) is 0.275. The lowest BCUT2D eigenvalue weighted by Crippen LogP contribution is -2.55. The maximum atomic E-state index is 5.62. The Bertz CT molecular complexity index is 172. The minimum absolute atomic E-state index is 0.526. The predicted molar refractivity (Wildman–Crippen MR) is 57.6 cm³/mol. The molecule has 2 unspecified atom stereocenters. The van der Waals surface area contributed by atoms with Crippen LogP contribution in [-0.4, -0.2) is 42.1 Å². The molecule has 76 valence electrons. The van der Waals surface area contributed by atoms with Gasteiger partial charge in [0.2, 0.25) is 0 Å². The second-order valence-electron chi connectivity index (χ2n) is 4.15. The third-order valence-corrected chi connectivity index (χ3v) is 4.23. The number of nitrogens with zero attached hydrogens (tertiary/aromatic N) is 1. The number of thioether (sulfide) groups is 1. The van der Waals surface area contributed by atoms with Gasteiger partial charge in [-0.1, -0.05) is 0 Å². The van der Waals surface area contributed by atoms with Crippen LogP contribution < -0.4 is 11.3 Å². The second kappa shape index (κ2) is 4.17. The van der Waals surface area contributed by atoms with E-state index in [4.69, 9.17) is 5.84 Å². The summed E-state index contributed by atoms with van der Waals surface area (Å²) in [7, 11) is 2.22. The van der Waals surface area contributed by atoms with Crippen molar-refractivity contribution >= 4 is 11.8 Å². The largest absolute Gasteiger partial charge is 0.300 e. The summed E-state index contributed by atoms with van der Waals surface area (Å²) >= 11 is 2.06. The Hall–Kier alpha value is 0.230. The molecule has 2 fully saturated rings. The van der Waals surface area contributed by atoms with Crippen LogP contribution in [0.25, 0.3) is 0 Å². The van der Waals surface area contributed by atoms with Gasteiger partial charge in [0.15, 0.2) is 0 Å². The van der Waals surface area contributed by atoms with Crippen molar-refractivity contribution in [2.75, 3.05) is 25.1 Å². The van der Waals surface area contributed by atoms with E-state index in [0.717, 1.165) is 5.92 Å². The van der Waals surface area contributed by atoms with Crippen molar-refractivity contribution in [1.29, 1.82) is 0 Å².